The zero-order valence-electron chi connectivity index (χ0n) is 32.1. The van der Waals surface area contributed by atoms with Gasteiger partial charge >= 0.3 is 0 Å². The van der Waals surface area contributed by atoms with Gasteiger partial charge in [0.25, 0.3) is 0 Å². The highest BCUT2D eigenvalue weighted by atomic mass is 16.5. The maximum atomic E-state index is 13.7. The minimum absolute atomic E-state index is 0.0122. The van der Waals surface area contributed by atoms with Crippen LogP contribution in [0.4, 0.5) is 0 Å². The average molecular weight is 699 g/mol. The summed E-state index contributed by atoms with van der Waals surface area (Å²) in [6, 6.07) is -0.781. The average Bonchev–Trinajstić information content (AvgIpc) is 3.50. The van der Waals surface area contributed by atoms with Crippen LogP contribution in [0.2, 0.25) is 0 Å². The number of ether oxygens (including phenoxy) is 3. The maximum Gasteiger partial charge on any atom is 0.245 e. The van der Waals surface area contributed by atoms with Gasteiger partial charge in [-0.3, -0.25) is 24.0 Å². The lowest BCUT2D eigenvalue weighted by atomic mass is 9.90. The van der Waals surface area contributed by atoms with Crippen molar-refractivity contribution in [1.29, 1.82) is 0 Å². The van der Waals surface area contributed by atoms with E-state index in [1.165, 1.54) is 19.1 Å². The summed E-state index contributed by atoms with van der Waals surface area (Å²) < 4.78 is 17.4. The minimum Gasteiger partial charge on any atom is -0.379 e. The second-order valence-electron chi connectivity index (χ2n) is 15.4. The smallest absolute Gasteiger partial charge is 0.245 e. The topological polar surface area (TPSA) is 196 Å². The summed E-state index contributed by atoms with van der Waals surface area (Å²) in [5, 5.41) is 5.42. The number of nitrogens with zero attached hydrogens (tertiary/aromatic N) is 2. The molecule has 0 aromatic carbocycles. The lowest BCUT2D eigenvalue weighted by Gasteiger charge is -2.39. The lowest BCUT2D eigenvalue weighted by molar-refractivity contribution is -0.145. The van der Waals surface area contributed by atoms with Crippen molar-refractivity contribution in [2.24, 2.45) is 23.3 Å². The molecule has 49 heavy (non-hydrogen) atoms. The van der Waals surface area contributed by atoms with E-state index >= 15 is 0 Å². The molecule has 0 aliphatic carbocycles. The van der Waals surface area contributed by atoms with E-state index < -0.39 is 52.7 Å². The van der Waals surface area contributed by atoms with Gasteiger partial charge < -0.3 is 46.1 Å². The molecule has 1 fully saturated rings. The molecule has 1 aliphatic heterocycles. The minimum atomic E-state index is -1.28. The third-order valence-electron chi connectivity index (χ3n) is 9.55. The van der Waals surface area contributed by atoms with Crippen LogP contribution in [0.25, 0.3) is 0 Å². The van der Waals surface area contributed by atoms with Gasteiger partial charge in [0.15, 0.2) is 0 Å². The summed E-state index contributed by atoms with van der Waals surface area (Å²) in [5.41, 5.74) is 9.20. The predicted octanol–water partition coefficient (Wildman–Crippen LogP) is 1.72. The Kier molecular flexibility index (Phi) is 17.1. The number of nitrogens with one attached hydrogen (secondary N) is 2. The largest absolute Gasteiger partial charge is 0.379 e. The second-order valence-corrected chi connectivity index (χ2v) is 15.4. The number of likely N-dealkylation sites (N-methyl/N-ethyl adjacent to an activating group) is 1. The van der Waals surface area contributed by atoms with E-state index in [0.29, 0.717) is 32.4 Å². The number of hydrogen-bond donors (Lipinski definition) is 4. The molecule has 1 aliphatic rings. The van der Waals surface area contributed by atoms with Gasteiger partial charge in [0.2, 0.25) is 29.5 Å². The van der Waals surface area contributed by atoms with Crippen molar-refractivity contribution in [3.05, 3.63) is 0 Å². The third kappa shape index (κ3) is 13.8. The van der Waals surface area contributed by atoms with E-state index in [0.717, 1.165) is 6.42 Å². The van der Waals surface area contributed by atoms with Crippen LogP contribution in [-0.4, -0.2) is 121 Å². The van der Waals surface area contributed by atoms with Crippen molar-refractivity contribution >= 4 is 29.5 Å². The molecule has 284 valence electrons. The number of rotatable bonds is 21. The number of primary amides is 1. The van der Waals surface area contributed by atoms with Gasteiger partial charge in [-0.2, -0.15) is 0 Å². The molecule has 0 bridgehead atoms. The molecule has 1 rings (SSSR count). The van der Waals surface area contributed by atoms with Crippen molar-refractivity contribution in [3.8, 4) is 0 Å². The van der Waals surface area contributed by atoms with Crippen LogP contribution in [-0.2, 0) is 38.2 Å². The summed E-state index contributed by atoms with van der Waals surface area (Å²) in [6.45, 7) is 16.9. The fourth-order valence-corrected chi connectivity index (χ4v) is 6.18. The molecule has 6 unspecified atom stereocenters. The van der Waals surface area contributed by atoms with Gasteiger partial charge in [0.1, 0.15) is 5.54 Å². The van der Waals surface area contributed by atoms with Crippen molar-refractivity contribution in [3.63, 3.8) is 0 Å². The van der Waals surface area contributed by atoms with Crippen molar-refractivity contribution in [2.45, 2.75) is 142 Å². The number of nitrogens with two attached hydrogens (primary N) is 2. The number of methoxy groups -OCH3 is 2. The lowest BCUT2D eigenvalue weighted by Crippen LogP contribution is -2.57. The van der Waals surface area contributed by atoms with Crippen LogP contribution in [0.15, 0.2) is 0 Å². The zero-order chi connectivity index (χ0) is 37.9. The first-order chi connectivity index (χ1) is 22.5. The Morgan fingerprint density at radius 3 is 2.14 bits per heavy atom. The van der Waals surface area contributed by atoms with Crippen molar-refractivity contribution in [1.82, 2.24) is 20.4 Å². The van der Waals surface area contributed by atoms with Crippen LogP contribution < -0.4 is 22.1 Å². The Labute approximate surface area is 294 Å². The summed E-state index contributed by atoms with van der Waals surface area (Å²) in [6.07, 6.45) is 1.56. The Bertz CT molecular complexity index is 1120. The molecule has 1 saturated heterocycles. The van der Waals surface area contributed by atoms with Crippen LogP contribution in [0, 0.1) is 11.8 Å². The maximum absolute atomic E-state index is 13.7. The first kappa shape index (κ1) is 44.2. The standard InChI is InChI=1S/C35H66N6O8/c1-13-22(2)29(25(47-11)19-27(43)41-18-14-15-24(41)30(48-12)23(3)31(36)45)40(10)28(44)20-38-32(46)35(8,9)39-26(42)16-17-34(6,7)49-21-33(4,5)37/h22-25,29-30H,13-21,37H2,1-12H3,(H2,36,45)(H,38,46)(H,39,42). The van der Waals surface area contributed by atoms with Gasteiger partial charge in [-0.15, -0.1) is 0 Å². The van der Waals surface area contributed by atoms with Gasteiger partial charge in [0.05, 0.1) is 55.4 Å². The summed E-state index contributed by atoms with van der Waals surface area (Å²) in [4.78, 5) is 68.3. The van der Waals surface area contributed by atoms with E-state index in [1.54, 1.807) is 32.7 Å². The fraction of sp³-hybridized carbons (Fsp3) is 0.857. The number of hydrogen-bond acceptors (Lipinski definition) is 9. The molecular weight excluding hydrogens is 632 g/mol. The van der Waals surface area contributed by atoms with Gasteiger partial charge in [0, 0.05) is 39.8 Å². The highest BCUT2D eigenvalue weighted by molar-refractivity contribution is 5.93. The molecule has 6 atom stereocenters. The number of carbonyl (C=O) groups excluding carboxylic acids is 5. The molecule has 14 nitrogen and oxygen atoms in total. The highest BCUT2D eigenvalue weighted by Gasteiger charge is 2.41. The molecule has 0 radical (unpaired) electrons. The van der Waals surface area contributed by atoms with Crippen LogP contribution >= 0.6 is 0 Å². The van der Waals surface area contributed by atoms with Crippen molar-refractivity contribution in [2.75, 3.05) is 41.0 Å². The second kappa shape index (κ2) is 19.0. The fourth-order valence-electron chi connectivity index (χ4n) is 6.18. The van der Waals surface area contributed by atoms with Crippen LogP contribution in [0.1, 0.15) is 101 Å². The molecule has 5 amide bonds. The number of amides is 5. The Morgan fingerprint density at radius 1 is 1.02 bits per heavy atom. The van der Waals surface area contributed by atoms with E-state index in [9.17, 15) is 24.0 Å². The summed E-state index contributed by atoms with van der Waals surface area (Å²) in [5.74, 6) is -2.48. The molecule has 0 aromatic rings. The molecule has 6 N–H and O–H groups in total. The SMILES string of the molecule is CCC(C)C(C(CC(=O)N1CCCC1C(OC)C(C)C(N)=O)OC)N(C)C(=O)CNC(=O)C(C)(C)NC(=O)CCC(C)(C)OCC(C)(C)N. The summed E-state index contributed by atoms with van der Waals surface area (Å²) in [7, 11) is 4.66. The Balaban J connectivity index is 2.91. The van der Waals surface area contributed by atoms with E-state index in [-0.39, 0.29) is 49.1 Å². The van der Waals surface area contributed by atoms with Crippen LogP contribution in [0.5, 0.6) is 0 Å². The van der Waals surface area contributed by atoms with Gasteiger partial charge in [-0.1, -0.05) is 27.2 Å². The van der Waals surface area contributed by atoms with E-state index in [2.05, 4.69) is 10.6 Å². The highest BCUT2D eigenvalue weighted by Crippen LogP contribution is 2.29. The number of likely N-dealkylation sites (tertiary alicyclic amines) is 1. The van der Waals surface area contributed by atoms with Crippen molar-refractivity contribution < 1.29 is 38.2 Å². The molecule has 0 saturated carbocycles. The van der Waals surface area contributed by atoms with E-state index in [4.69, 9.17) is 25.7 Å². The number of carbonyl (C=O) groups is 5. The quantitative estimate of drug-likeness (QED) is 0.138. The molecule has 14 heteroatoms. The third-order valence-corrected chi connectivity index (χ3v) is 9.55. The molecule has 1 heterocycles. The van der Waals surface area contributed by atoms with Gasteiger partial charge in [-0.25, -0.2) is 0 Å². The monoisotopic (exact) mass is 698 g/mol. The van der Waals surface area contributed by atoms with Crippen LogP contribution in [0.3, 0.4) is 0 Å². The zero-order valence-corrected chi connectivity index (χ0v) is 32.1. The predicted molar refractivity (Wildman–Crippen MR) is 188 cm³/mol. The van der Waals surface area contributed by atoms with E-state index in [1.807, 2.05) is 41.5 Å². The molecular formula is C35H66N6O8. The Hall–Kier alpha value is -2.81. The molecule has 0 spiro atoms. The Morgan fingerprint density at radius 2 is 1.63 bits per heavy atom. The first-order valence-electron chi connectivity index (χ1n) is 17.4. The molecule has 0 aromatic heterocycles. The van der Waals surface area contributed by atoms with Gasteiger partial charge in [-0.05, 0) is 66.7 Å². The summed E-state index contributed by atoms with van der Waals surface area (Å²) >= 11 is 0. The first-order valence-corrected chi connectivity index (χ1v) is 17.4. The normalized spacial score (nSPS) is 18.6.